The molecule has 0 amide bonds. The van der Waals surface area contributed by atoms with Crippen LogP contribution in [0, 0.1) is 11.8 Å². The molecule has 5 rings (SSSR count). The lowest BCUT2D eigenvalue weighted by molar-refractivity contribution is 0.138. The maximum absolute atomic E-state index is 3.92. The van der Waals surface area contributed by atoms with Crippen LogP contribution in [-0.2, 0) is 26.2 Å². The molecule has 1 aliphatic rings. The van der Waals surface area contributed by atoms with Crippen molar-refractivity contribution in [3.05, 3.63) is 168 Å². The number of nitrogens with zero attached hydrogens (tertiary/aromatic N) is 2. The van der Waals surface area contributed by atoms with Crippen molar-refractivity contribution in [1.29, 1.82) is 0 Å². The van der Waals surface area contributed by atoms with Crippen molar-refractivity contribution in [3.63, 3.8) is 0 Å². The third-order valence-corrected chi connectivity index (χ3v) is 9.49. The van der Waals surface area contributed by atoms with Crippen LogP contribution in [0.4, 0.5) is 0 Å². The molecule has 236 valence electrons. The second-order valence-electron chi connectivity index (χ2n) is 13.0. The Balaban J connectivity index is 1.22. The molecule has 0 bridgehead atoms. The van der Waals surface area contributed by atoms with Crippen LogP contribution >= 0.6 is 0 Å². The molecule has 0 N–H and O–H groups in total. The maximum Gasteiger partial charge on any atom is 0.0237 e. The molecule has 0 spiro atoms. The van der Waals surface area contributed by atoms with Crippen molar-refractivity contribution in [2.75, 3.05) is 13.1 Å². The topological polar surface area (TPSA) is 6.48 Å². The Hall–Kier alpha value is -4.24. The van der Waals surface area contributed by atoms with Crippen LogP contribution in [0.1, 0.15) is 70.2 Å². The molecule has 0 heterocycles. The Bertz CT molecular complexity index is 1310. The molecule has 0 aliphatic heterocycles. The molecule has 1 saturated carbocycles. The third-order valence-electron chi connectivity index (χ3n) is 9.49. The number of hydrogen-bond acceptors (Lipinski definition) is 2. The van der Waals surface area contributed by atoms with Gasteiger partial charge in [-0.2, -0.15) is 0 Å². The summed E-state index contributed by atoms with van der Waals surface area (Å²) >= 11 is 0. The van der Waals surface area contributed by atoms with Gasteiger partial charge >= 0.3 is 0 Å². The molecular formula is C44H50N2. The van der Waals surface area contributed by atoms with E-state index in [0.29, 0.717) is 0 Å². The molecule has 4 aromatic rings. The summed E-state index contributed by atoms with van der Waals surface area (Å²) in [6, 6.07) is 35.5. The molecule has 0 saturated heterocycles. The van der Waals surface area contributed by atoms with E-state index in [4.69, 9.17) is 0 Å². The largest absolute Gasteiger partial charge is 0.295 e. The molecule has 2 nitrogen and oxygen atoms in total. The highest BCUT2D eigenvalue weighted by Gasteiger charge is 2.25. The molecule has 2 heteroatoms. The van der Waals surface area contributed by atoms with Crippen LogP contribution in [0.3, 0.4) is 0 Å². The average molecular weight is 607 g/mol. The fourth-order valence-electron chi connectivity index (χ4n) is 6.77. The first-order valence-electron chi connectivity index (χ1n) is 16.8. The van der Waals surface area contributed by atoms with Crippen LogP contribution in [0.25, 0.3) is 24.3 Å². The first-order valence-corrected chi connectivity index (χ1v) is 16.8. The first-order chi connectivity index (χ1) is 22.5. The summed E-state index contributed by atoms with van der Waals surface area (Å²) in [6.07, 6.45) is 12.8. The minimum absolute atomic E-state index is 0.725. The number of rotatable bonds is 16. The molecular weight excluding hydrogens is 556 g/mol. The zero-order valence-electron chi connectivity index (χ0n) is 27.5. The van der Waals surface area contributed by atoms with Crippen molar-refractivity contribution in [2.45, 2.75) is 51.9 Å². The van der Waals surface area contributed by atoms with Gasteiger partial charge in [0.05, 0.1) is 0 Å². The fraction of sp³-hybridized carbons (Fsp3) is 0.273. The van der Waals surface area contributed by atoms with Gasteiger partial charge in [0.15, 0.2) is 0 Å². The van der Waals surface area contributed by atoms with Gasteiger partial charge < -0.3 is 0 Å². The van der Waals surface area contributed by atoms with Crippen molar-refractivity contribution in [1.82, 2.24) is 9.80 Å². The van der Waals surface area contributed by atoms with Crippen LogP contribution in [0.5, 0.6) is 0 Å². The molecule has 0 atom stereocenters. The van der Waals surface area contributed by atoms with Gasteiger partial charge in [-0.3, -0.25) is 9.80 Å². The van der Waals surface area contributed by atoms with E-state index in [-0.39, 0.29) is 0 Å². The van der Waals surface area contributed by atoms with Gasteiger partial charge in [-0.1, -0.05) is 148 Å². The van der Waals surface area contributed by atoms with Crippen LogP contribution in [-0.4, -0.2) is 22.9 Å². The van der Waals surface area contributed by atoms with E-state index in [1.165, 1.54) is 70.2 Å². The average Bonchev–Trinajstić information content (AvgIpc) is 3.10. The molecule has 0 unspecified atom stereocenters. The third kappa shape index (κ3) is 9.88. The molecule has 1 fully saturated rings. The molecule has 0 aromatic heterocycles. The minimum Gasteiger partial charge on any atom is -0.295 e. The Morgan fingerprint density at radius 2 is 0.609 bits per heavy atom. The maximum atomic E-state index is 3.92. The van der Waals surface area contributed by atoms with Crippen molar-refractivity contribution >= 4 is 24.3 Å². The summed E-state index contributed by atoms with van der Waals surface area (Å²) in [4.78, 5) is 5.31. The van der Waals surface area contributed by atoms with Crippen molar-refractivity contribution in [2.24, 2.45) is 11.8 Å². The predicted molar refractivity (Wildman–Crippen MR) is 200 cm³/mol. The van der Waals surface area contributed by atoms with E-state index in [1.807, 2.05) is 24.3 Å². The van der Waals surface area contributed by atoms with Gasteiger partial charge in [0.25, 0.3) is 0 Å². The molecule has 46 heavy (non-hydrogen) atoms. The van der Waals surface area contributed by atoms with Gasteiger partial charge in [0.1, 0.15) is 0 Å². The summed E-state index contributed by atoms with van der Waals surface area (Å²) in [5, 5.41) is 0. The van der Waals surface area contributed by atoms with E-state index in [0.717, 1.165) is 51.1 Å². The quantitative estimate of drug-likeness (QED) is 0.125. The zero-order valence-corrected chi connectivity index (χ0v) is 27.5. The lowest BCUT2D eigenvalue weighted by Crippen LogP contribution is -2.34. The second-order valence-corrected chi connectivity index (χ2v) is 13.0. The fourth-order valence-corrected chi connectivity index (χ4v) is 6.77. The molecule has 4 aromatic carbocycles. The van der Waals surface area contributed by atoms with Gasteiger partial charge in [-0.15, -0.1) is 0 Å². The number of benzene rings is 4. The summed E-state index contributed by atoms with van der Waals surface area (Å²) < 4.78 is 0. The van der Waals surface area contributed by atoms with E-state index >= 15 is 0 Å². The monoisotopic (exact) mass is 606 g/mol. The van der Waals surface area contributed by atoms with Gasteiger partial charge in [-0.05, 0) is 82.0 Å². The van der Waals surface area contributed by atoms with Gasteiger partial charge in [0, 0.05) is 39.3 Å². The van der Waals surface area contributed by atoms with Gasteiger partial charge in [-0.25, -0.2) is 0 Å². The SMILES string of the molecule is C=Cc1ccc(CN(Cc2ccc(C=C)cc2)CC2CCC(CN(Cc3ccc(C=C)cc3)Cc3ccc(C=C)cc3)CC2)cc1. The summed E-state index contributed by atoms with van der Waals surface area (Å²) in [5.74, 6) is 1.45. The van der Waals surface area contributed by atoms with Crippen LogP contribution in [0.2, 0.25) is 0 Å². The lowest BCUT2D eigenvalue weighted by atomic mass is 9.81. The van der Waals surface area contributed by atoms with Crippen LogP contribution in [0.15, 0.2) is 123 Å². The minimum atomic E-state index is 0.725. The molecule has 0 radical (unpaired) electrons. The van der Waals surface area contributed by atoms with Crippen molar-refractivity contribution in [3.8, 4) is 0 Å². The van der Waals surface area contributed by atoms with Gasteiger partial charge in [0.2, 0.25) is 0 Å². The standard InChI is InChI=1S/C44H50N2/c1-5-35-9-17-39(18-10-35)29-45(30-40-19-11-36(6-2)12-20-40)33-43-25-27-44(28-26-43)34-46(31-41-21-13-37(7-3)14-22-41)32-42-23-15-38(8-4)16-24-42/h5-24,43-44H,1-4,25-34H2. The van der Waals surface area contributed by atoms with E-state index in [1.54, 1.807) is 0 Å². The Kier molecular flexibility index (Phi) is 12.2. The Morgan fingerprint density at radius 1 is 0.391 bits per heavy atom. The summed E-state index contributed by atoms with van der Waals surface area (Å²) in [6.45, 7) is 21.8. The number of hydrogen-bond donors (Lipinski definition) is 0. The normalized spacial score (nSPS) is 16.3. The summed E-state index contributed by atoms with van der Waals surface area (Å²) in [7, 11) is 0. The highest BCUT2D eigenvalue weighted by Crippen LogP contribution is 2.31. The second kappa shape index (κ2) is 16.9. The highest BCUT2D eigenvalue weighted by atomic mass is 15.1. The van der Waals surface area contributed by atoms with Crippen LogP contribution < -0.4 is 0 Å². The molecule has 1 aliphatic carbocycles. The van der Waals surface area contributed by atoms with E-state index in [9.17, 15) is 0 Å². The zero-order chi connectivity index (χ0) is 32.1. The highest BCUT2D eigenvalue weighted by molar-refractivity contribution is 5.49. The smallest absolute Gasteiger partial charge is 0.0237 e. The van der Waals surface area contributed by atoms with E-state index in [2.05, 4.69) is 133 Å². The predicted octanol–water partition coefficient (Wildman–Crippen LogP) is 10.8. The van der Waals surface area contributed by atoms with E-state index < -0.39 is 0 Å². The first kappa shape index (κ1) is 33.1. The summed E-state index contributed by atoms with van der Waals surface area (Å²) in [5.41, 5.74) is 10.1. The lowest BCUT2D eigenvalue weighted by Gasteiger charge is -2.35. The Labute approximate surface area is 278 Å². The Morgan fingerprint density at radius 3 is 0.804 bits per heavy atom. The van der Waals surface area contributed by atoms with Crippen molar-refractivity contribution < 1.29 is 0 Å².